The van der Waals surface area contributed by atoms with E-state index in [0.29, 0.717) is 24.6 Å². The molecule has 0 fully saturated rings. The Kier molecular flexibility index (Phi) is 7.55. The Hall–Kier alpha value is -1.76. The number of nitrogens with zero attached hydrogens (tertiary/aromatic N) is 1. The lowest BCUT2D eigenvalue weighted by Gasteiger charge is -2.21. The maximum absolute atomic E-state index is 10.2. The highest BCUT2D eigenvalue weighted by Gasteiger charge is 2.11. The highest BCUT2D eigenvalue weighted by atomic mass is 79.9. The zero-order chi connectivity index (χ0) is 18.2. The molecule has 0 saturated carbocycles. The molecule has 0 aromatic heterocycles. The van der Waals surface area contributed by atoms with Crippen molar-refractivity contribution in [2.45, 2.75) is 12.6 Å². The molecule has 0 spiro atoms. The third kappa shape index (κ3) is 6.23. The summed E-state index contributed by atoms with van der Waals surface area (Å²) in [5.41, 5.74) is 1.08. The van der Waals surface area contributed by atoms with Gasteiger partial charge in [-0.25, -0.2) is 0 Å². The average molecular weight is 410 g/mol. The molecule has 0 saturated heterocycles. The van der Waals surface area contributed by atoms with E-state index in [2.05, 4.69) is 15.9 Å². The molecule has 0 unspecified atom stereocenters. The Morgan fingerprint density at radius 1 is 1.08 bits per heavy atom. The molecule has 0 aliphatic rings. The number of aliphatic hydroxyl groups excluding tert-OH is 1. The SMILES string of the molecule is COc1ccc(CN(C)C[C@@H](O)COc2cccc(Br)c2)cc1OC. The molecule has 0 aliphatic heterocycles. The maximum atomic E-state index is 10.2. The van der Waals surface area contributed by atoms with Crippen LogP contribution in [0.5, 0.6) is 17.2 Å². The second kappa shape index (κ2) is 9.65. The van der Waals surface area contributed by atoms with Gasteiger partial charge < -0.3 is 19.3 Å². The van der Waals surface area contributed by atoms with Crippen molar-refractivity contribution in [2.24, 2.45) is 0 Å². The number of hydrogen-bond acceptors (Lipinski definition) is 5. The van der Waals surface area contributed by atoms with E-state index in [9.17, 15) is 5.11 Å². The molecule has 25 heavy (non-hydrogen) atoms. The summed E-state index contributed by atoms with van der Waals surface area (Å²) in [4.78, 5) is 2.04. The second-order valence-electron chi connectivity index (χ2n) is 5.81. The van der Waals surface area contributed by atoms with Crippen molar-refractivity contribution < 1.29 is 19.3 Å². The molecule has 0 heterocycles. The number of benzene rings is 2. The zero-order valence-corrected chi connectivity index (χ0v) is 16.3. The highest BCUT2D eigenvalue weighted by molar-refractivity contribution is 9.10. The van der Waals surface area contributed by atoms with E-state index in [0.717, 1.165) is 15.8 Å². The minimum atomic E-state index is -0.580. The Balaban J connectivity index is 1.83. The van der Waals surface area contributed by atoms with Gasteiger partial charge in [-0.05, 0) is 42.9 Å². The van der Waals surface area contributed by atoms with Crippen LogP contribution in [-0.4, -0.2) is 50.5 Å². The number of rotatable bonds is 9. The van der Waals surface area contributed by atoms with Crippen LogP contribution in [0.15, 0.2) is 46.9 Å². The van der Waals surface area contributed by atoms with Crippen molar-refractivity contribution in [1.82, 2.24) is 4.90 Å². The van der Waals surface area contributed by atoms with Crippen LogP contribution < -0.4 is 14.2 Å². The first-order valence-electron chi connectivity index (χ1n) is 7.97. The topological polar surface area (TPSA) is 51.2 Å². The first-order chi connectivity index (χ1) is 12.0. The van der Waals surface area contributed by atoms with Gasteiger partial charge in [0.15, 0.2) is 11.5 Å². The van der Waals surface area contributed by atoms with Gasteiger partial charge in [0, 0.05) is 17.6 Å². The van der Waals surface area contributed by atoms with Crippen LogP contribution in [0.4, 0.5) is 0 Å². The number of ether oxygens (including phenoxy) is 3. The van der Waals surface area contributed by atoms with Crippen LogP contribution in [-0.2, 0) is 6.54 Å². The summed E-state index contributed by atoms with van der Waals surface area (Å²) in [7, 11) is 5.19. The van der Waals surface area contributed by atoms with Gasteiger partial charge in [-0.2, -0.15) is 0 Å². The Labute approximate surface area is 157 Å². The summed E-state index contributed by atoms with van der Waals surface area (Å²) in [5.74, 6) is 2.14. The van der Waals surface area contributed by atoms with Gasteiger partial charge in [-0.1, -0.05) is 28.1 Å². The lowest BCUT2D eigenvalue weighted by atomic mass is 10.2. The molecule has 2 aromatic carbocycles. The normalized spacial score (nSPS) is 12.1. The van der Waals surface area contributed by atoms with Crippen molar-refractivity contribution in [1.29, 1.82) is 0 Å². The molecule has 1 N–H and O–H groups in total. The van der Waals surface area contributed by atoms with Gasteiger partial charge in [-0.3, -0.25) is 4.90 Å². The summed E-state index contributed by atoms with van der Waals surface area (Å²) in [6.07, 6.45) is -0.580. The first-order valence-corrected chi connectivity index (χ1v) is 8.77. The molecule has 2 rings (SSSR count). The predicted octanol–water partition coefficient (Wildman–Crippen LogP) is 3.34. The summed E-state index contributed by atoms with van der Waals surface area (Å²) in [6, 6.07) is 13.4. The molecule has 0 bridgehead atoms. The summed E-state index contributed by atoms with van der Waals surface area (Å²) < 4.78 is 17.1. The monoisotopic (exact) mass is 409 g/mol. The number of halogens is 1. The second-order valence-corrected chi connectivity index (χ2v) is 6.72. The molecular formula is C19H24BrNO4. The summed E-state index contributed by atoms with van der Waals surface area (Å²) in [6.45, 7) is 1.43. The molecule has 0 aliphatic carbocycles. The van der Waals surface area contributed by atoms with Crippen molar-refractivity contribution in [3.8, 4) is 17.2 Å². The molecule has 2 aromatic rings. The summed E-state index contributed by atoms with van der Waals surface area (Å²) >= 11 is 3.40. The Morgan fingerprint density at radius 2 is 1.84 bits per heavy atom. The van der Waals surface area contributed by atoms with Gasteiger partial charge in [-0.15, -0.1) is 0 Å². The van der Waals surface area contributed by atoms with Crippen LogP contribution in [0.25, 0.3) is 0 Å². The smallest absolute Gasteiger partial charge is 0.161 e. The Morgan fingerprint density at radius 3 is 2.52 bits per heavy atom. The molecule has 136 valence electrons. The largest absolute Gasteiger partial charge is 0.493 e. The number of aliphatic hydroxyl groups is 1. The van der Waals surface area contributed by atoms with E-state index >= 15 is 0 Å². The molecule has 5 nitrogen and oxygen atoms in total. The fourth-order valence-electron chi connectivity index (χ4n) is 2.52. The van der Waals surface area contributed by atoms with Gasteiger partial charge in [0.2, 0.25) is 0 Å². The van der Waals surface area contributed by atoms with Gasteiger partial charge in [0.05, 0.1) is 14.2 Å². The fraction of sp³-hybridized carbons (Fsp3) is 0.368. The van der Waals surface area contributed by atoms with E-state index in [1.165, 1.54) is 0 Å². The van der Waals surface area contributed by atoms with E-state index in [1.54, 1.807) is 14.2 Å². The third-order valence-corrected chi connectivity index (χ3v) is 4.15. The minimum Gasteiger partial charge on any atom is -0.493 e. The van der Waals surface area contributed by atoms with Crippen LogP contribution in [0, 0.1) is 0 Å². The van der Waals surface area contributed by atoms with E-state index < -0.39 is 6.10 Å². The number of methoxy groups -OCH3 is 2. The number of likely N-dealkylation sites (N-methyl/N-ethyl adjacent to an activating group) is 1. The third-order valence-electron chi connectivity index (χ3n) is 3.66. The molecule has 0 amide bonds. The first kappa shape index (κ1) is 19.6. The average Bonchev–Trinajstić information content (AvgIpc) is 2.59. The Bertz CT molecular complexity index is 680. The van der Waals surface area contributed by atoms with Crippen molar-refractivity contribution >= 4 is 15.9 Å². The molecule has 6 heteroatoms. The molecule has 1 atom stereocenters. The lowest BCUT2D eigenvalue weighted by molar-refractivity contribution is 0.0743. The summed E-state index contributed by atoms with van der Waals surface area (Å²) in [5, 5.41) is 10.2. The van der Waals surface area contributed by atoms with Crippen LogP contribution >= 0.6 is 15.9 Å². The van der Waals surface area contributed by atoms with E-state index in [-0.39, 0.29) is 6.61 Å². The van der Waals surface area contributed by atoms with Gasteiger partial charge in [0.1, 0.15) is 18.5 Å². The zero-order valence-electron chi connectivity index (χ0n) is 14.7. The quantitative estimate of drug-likeness (QED) is 0.688. The van der Waals surface area contributed by atoms with Crippen LogP contribution in [0.1, 0.15) is 5.56 Å². The van der Waals surface area contributed by atoms with Crippen molar-refractivity contribution in [3.05, 3.63) is 52.5 Å². The van der Waals surface area contributed by atoms with Crippen LogP contribution in [0.2, 0.25) is 0 Å². The molecular weight excluding hydrogens is 386 g/mol. The van der Waals surface area contributed by atoms with Crippen LogP contribution in [0.3, 0.4) is 0 Å². The van der Waals surface area contributed by atoms with Crippen molar-refractivity contribution in [2.75, 3.05) is 34.4 Å². The van der Waals surface area contributed by atoms with Gasteiger partial charge in [0.25, 0.3) is 0 Å². The van der Waals surface area contributed by atoms with Gasteiger partial charge >= 0.3 is 0 Å². The maximum Gasteiger partial charge on any atom is 0.161 e. The highest BCUT2D eigenvalue weighted by Crippen LogP contribution is 2.28. The minimum absolute atomic E-state index is 0.243. The van der Waals surface area contributed by atoms with E-state index in [4.69, 9.17) is 14.2 Å². The standard InChI is InChI=1S/C19H24BrNO4/c1-21(11-14-7-8-18(23-2)19(9-14)24-3)12-16(22)13-25-17-6-4-5-15(20)10-17/h4-10,16,22H,11-13H2,1-3H3/t16-/m1/s1. The fourth-order valence-corrected chi connectivity index (χ4v) is 2.90. The number of hydrogen-bond donors (Lipinski definition) is 1. The predicted molar refractivity (Wildman–Crippen MR) is 102 cm³/mol. The van der Waals surface area contributed by atoms with Crippen molar-refractivity contribution in [3.63, 3.8) is 0 Å². The molecule has 0 radical (unpaired) electrons. The lowest BCUT2D eigenvalue weighted by Crippen LogP contribution is -2.32. The van der Waals surface area contributed by atoms with E-state index in [1.807, 2.05) is 54.4 Å².